The Morgan fingerprint density at radius 3 is 2.71 bits per heavy atom. The molecule has 0 radical (unpaired) electrons. The summed E-state index contributed by atoms with van der Waals surface area (Å²) in [7, 11) is 1.28. The molecule has 0 heterocycles. The molecular weight excluding hydrogens is 292 g/mol. The molecule has 0 saturated heterocycles. The average molecular weight is 312 g/mol. The summed E-state index contributed by atoms with van der Waals surface area (Å²) >= 11 is 1.36. The van der Waals surface area contributed by atoms with Gasteiger partial charge in [-0.2, -0.15) is 0 Å². The van der Waals surface area contributed by atoms with Crippen LogP contribution in [0, 0.1) is 0 Å². The Balaban J connectivity index is 2.76. The molecule has 21 heavy (non-hydrogen) atoms. The van der Waals surface area contributed by atoms with Crippen molar-refractivity contribution in [3.8, 4) is 5.75 Å². The molecule has 116 valence electrons. The monoisotopic (exact) mass is 312 g/mol. The minimum absolute atomic E-state index is 0.290. The highest BCUT2D eigenvalue weighted by atomic mass is 32.2. The first-order valence-corrected chi connectivity index (χ1v) is 7.46. The summed E-state index contributed by atoms with van der Waals surface area (Å²) in [5, 5.41) is 2.55. The van der Waals surface area contributed by atoms with E-state index in [1.54, 1.807) is 12.1 Å². The summed E-state index contributed by atoms with van der Waals surface area (Å²) in [6.45, 7) is 3.81. The first kappa shape index (κ1) is 17.2. The van der Waals surface area contributed by atoms with Gasteiger partial charge in [0.15, 0.2) is 0 Å². The minimum atomic E-state index is -0.715. The van der Waals surface area contributed by atoms with Gasteiger partial charge >= 0.3 is 5.97 Å². The van der Waals surface area contributed by atoms with Gasteiger partial charge in [0, 0.05) is 23.3 Å². The number of nitrogens with one attached hydrogen (secondary N) is 1. The third-order valence-electron chi connectivity index (χ3n) is 2.56. The van der Waals surface area contributed by atoms with Crippen LogP contribution in [0.15, 0.2) is 23.1 Å². The topological polar surface area (TPSA) is 90.6 Å². The highest BCUT2D eigenvalue weighted by Gasteiger charge is 2.20. The van der Waals surface area contributed by atoms with Crippen LogP contribution in [0.5, 0.6) is 5.75 Å². The molecular formula is C14H20N2O4S. The molecule has 0 spiro atoms. The van der Waals surface area contributed by atoms with Crippen LogP contribution in [-0.4, -0.2) is 37.4 Å². The lowest BCUT2D eigenvalue weighted by Gasteiger charge is -2.16. The molecule has 0 fully saturated rings. The zero-order valence-corrected chi connectivity index (χ0v) is 13.2. The number of amides is 1. The first-order chi connectivity index (χ1) is 9.97. The first-order valence-electron chi connectivity index (χ1n) is 6.48. The largest absolute Gasteiger partial charge is 0.494 e. The van der Waals surface area contributed by atoms with Crippen LogP contribution >= 0.6 is 11.8 Å². The summed E-state index contributed by atoms with van der Waals surface area (Å²) < 4.78 is 10.1. The fourth-order valence-corrected chi connectivity index (χ4v) is 2.63. The molecule has 0 saturated carbocycles. The average Bonchev–Trinajstić information content (AvgIpc) is 2.45. The fourth-order valence-electron chi connectivity index (χ4n) is 1.63. The Morgan fingerprint density at radius 2 is 2.14 bits per heavy atom. The maximum absolute atomic E-state index is 11.6. The third-order valence-corrected chi connectivity index (χ3v) is 3.73. The molecule has 1 aromatic carbocycles. The predicted molar refractivity (Wildman–Crippen MR) is 82.4 cm³/mol. The highest BCUT2D eigenvalue weighted by Crippen LogP contribution is 2.29. The van der Waals surface area contributed by atoms with Crippen LogP contribution in [0.4, 0.5) is 5.69 Å². The van der Waals surface area contributed by atoms with Crippen molar-refractivity contribution in [1.82, 2.24) is 5.32 Å². The zero-order chi connectivity index (χ0) is 15.8. The number of carbonyl (C=O) groups excluding carboxylic acids is 2. The molecule has 1 atom stereocenters. The lowest BCUT2D eigenvalue weighted by atomic mass is 10.3. The molecule has 0 aliphatic carbocycles. The van der Waals surface area contributed by atoms with Crippen molar-refractivity contribution < 1.29 is 19.1 Å². The smallest absolute Gasteiger partial charge is 0.329 e. The van der Waals surface area contributed by atoms with Gasteiger partial charge in [-0.25, -0.2) is 4.79 Å². The van der Waals surface area contributed by atoms with Gasteiger partial charge in [-0.1, -0.05) is 0 Å². The van der Waals surface area contributed by atoms with Gasteiger partial charge in [0.2, 0.25) is 5.91 Å². The molecule has 7 heteroatoms. The summed E-state index contributed by atoms with van der Waals surface area (Å²) in [6, 6.07) is 4.63. The van der Waals surface area contributed by atoms with E-state index >= 15 is 0 Å². The second-order valence-electron chi connectivity index (χ2n) is 4.22. The van der Waals surface area contributed by atoms with Crippen LogP contribution in [0.25, 0.3) is 0 Å². The van der Waals surface area contributed by atoms with Gasteiger partial charge in [-0.15, -0.1) is 11.8 Å². The van der Waals surface area contributed by atoms with Gasteiger partial charge in [0.1, 0.15) is 11.8 Å². The summed E-state index contributed by atoms with van der Waals surface area (Å²) in [5.74, 6) is 0.258. The number of nitrogen functional groups attached to an aromatic ring is 1. The SMILES string of the molecule is CCOc1ccc(N)c(SCC(NC(C)=O)C(=O)OC)c1. The minimum Gasteiger partial charge on any atom is -0.494 e. The molecule has 1 amide bonds. The number of hydrogen-bond acceptors (Lipinski definition) is 6. The van der Waals surface area contributed by atoms with Crippen molar-refractivity contribution in [3.05, 3.63) is 18.2 Å². The van der Waals surface area contributed by atoms with Crippen molar-refractivity contribution in [1.29, 1.82) is 0 Å². The highest BCUT2D eigenvalue weighted by molar-refractivity contribution is 7.99. The molecule has 0 aromatic heterocycles. The number of carbonyl (C=O) groups is 2. The number of ether oxygens (including phenoxy) is 2. The Morgan fingerprint density at radius 1 is 1.43 bits per heavy atom. The van der Waals surface area contributed by atoms with E-state index in [4.69, 9.17) is 10.5 Å². The van der Waals surface area contributed by atoms with Crippen LogP contribution in [0.2, 0.25) is 0 Å². The molecule has 1 rings (SSSR count). The van der Waals surface area contributed by atoms with Gasteiger partial charge in [0.05, 0.1) is 13.7 Å². The number of hydrogen-bond donors (Lipinski definition) is 2. The van der Waals surface area contributed by atoms with Crippen LogP contribution in [-0.2, 0) is 14.3 Å². The lowest BCUT2D eigenvalue weighted by molar-refractivity contribution is -0.144. The van der Waals surface area contributed by atoms with Gasteiger partial charge in [-0.05, 0) is 25.1 Å². The Kier molecular flexibility index (Phi) is 6.87. The molecule has 1 aromatic rings. The molecule has 0 aliphatic heterocycles. The lowest BCUT2D eigenvalue weighted by Crippen LogP contribution is -2.42. The van der Waals surface area contributed by atoms with Gasteiger partial charge < -0.3 is 20.5 Å². The van der Waals surface area contributed by atoms with Crippen LogP contribution in [0.1, 0.15) is 13.8 Å². The van der Waals surface area contributed by atoms with Crippen molar-refractivity contribution >= 4 is 29.3 Å². The van der Waals surface area contributed by atoms with E-state index in [2.05, 4.69) is 10.1 Å². The van der Waals surface area contributed by atoms with E-state index in [0.717, 1.165) is 4.90 Å². The summed E-state index contributed by atoms with van der Waals surface area (Å²) in [4.78, 5) is 23.5. The second-order valence-corrected chi connectivity index (χ2v) is 5.28. The Bertz CT molecular complexity index is 508. The van der Waals surface area contributed by atoms with E-state index in [1.165, 1.54) is 25.8 Å². The van der Waals surface area contributed by atoms with Crippen molar-refractivity contribution in [3.63, 3.8) is 0 Å². The van der Waals surface area contributed by atoms with Crippen molar-refractivity contribution in [2.24, 2.45) is 0 Å². The van der Waals surface area contributed by atoms with E-state index < -0.39 is 12.0 Å². The maximum atomic E-state index is 11.6. The van der Waals surface area contributed by atoms with Gasteiger partial charge in [0.25, 0.3) is 0 Å². The number of benzene rings is 1. The Hall–Kier alpha value is -1.89. The number of anilines is 1. The quantitative estimate of drug-likeness (QED) is 0.450. The zero-order valence-electron chi connectivity index (χ0n) is 12.3. The van der Waals surface area contributed by atoms with E-state index in [0.29, 0.717) is 23.8 Å². The molecule has 0 bridgehead atoms. The fraction of sp³-hybridized carbons (Fsp3) is 0.429. The van der Waals surface area contributed by atoms with E-state index in [-0.39, 0.29) is 5.91 Å². The molecule has 3 N–H and O–H groups in total. The van der Waals surface area contributed by atoms with Crippen LogP contribution in [0.3, 0.4) is 0 Å². The van der Waals surface area contributed by atoms with E-state index in [1.807, 2.05) is 13.0 Å². The summed E-state index contributed by atoms with van der Waals surface area (Å²) in [5.41, 5.74) is 6.49. The predicted octanol–water partition coefficient (Wildman–Crippen LogP) is 1.44. The van der Waals surface area contributed by atoms with Crippen molar-refractivity contribution in [2.45, 2.75) is 24.8 Å². The number of esters is 1. The number of nitrogens with two attached hydrogens (primary N) is 1. The van der Waals surface area contributed by atoms with E-state index in [9.17, 15) is 9.59 Å². The third kappa shape index (κ3) is 5.55. The molecule has 0 aliphatic rings. The standard InChI is InChI=1S/C14H20N2O4S/c1-4-20-10-5-6-11(15)13(7-10)21-8-12(14(18)19-3)16-9(2)17/h5-7,12H,4,8,15H2,1-3H3,(H,16,17). The van der Waals surface area contributed by atoms with Crippen LogP contribution < -0.4 is 15.8 Å². The number of rotatable bonds is 7. The van der Waals surface area contributed by atoms with Crippen molar-refractivity contribution in [2.75, 3.05) is 25.2 Å². The molecule has 6 nitrogen and oxygen atoms in total. The maximum Gasteiger partial charge on any atom is 0.329 e. The Labute approximate surface area is 128 Å². The second kappa shape index (κ2) is 8.41. The molecule has 1 unspecified atom stereocenters. The normalized spacial score (nSPS) is 11.6. The number of thioether (sulfide) groups is 1. The summed E-state index contributed by atoms with van der Waals surface area (Å²) in [6.07, 6.45) is 0. The number of methoxy groups -OCH3 is 1. The van der Waals surface area contributed by atoms with Gasteiger partial charge in [-0.3, -0.25) is 4.79 Å².